The molecule has 4 aromatic rings. The van der Waals surface area contributed by atoms with Gasteiger partial charge in [0.2, 0.25) is 0 Å². The van der Waals surface area contributed by atoms with Gasteiger partial charge in [-0.15, -0.1) is 0 Å². The quantitative estimate of drug-likeness (QED) is 0.456. The van der Waals surface area contributed by atoms with Crippen LogP contribution in [0, 0.1) is 6.92 Å². The summed E-state index contributed by atoms with van der Waals surface area (Å²) < 4.78 is 6.36. The van der Waals surface area contributed by atoms with Gasteiger partial charge in [0.1, 0.15) is 5.75 Å². The van der Waals surface area contributed by atoms with E-state index in [4.69, 9.17) is 9.72 Å². The molecule has 0 aliphatic heterocycles. The van der Waals surface area contributed by atoms with Gasteiger partial charge in [-0.3, -0.25) is 9.69 Å². The molecule has 0 saturated heterocycles. The van der Waals surface area contributed by atoms with E-state index >= 15 is 0 Å². The summed E-state index contributed by atoms with van der Waals surface area (Å²) in [5.41, 5.74) is 3.67. The number of benzene rings is 3. The fraction of sp³-hybridized carbons (Fsp3) is 0.130. The molecule has 0 saturated carbocycles. The lowest BCUT2D eigenvalue weighted by atomic mass is 10.1. The molecule has 0 atom stereocenters. The van der Waals surface area contributed by atoms with Crippen molar-refractivity contribution in [2.75, 3.05) is 12.0 Å². The second kappa shape index (κ2) is 7.82. The van der Waals surface area contributed by atoms with Crippen LogP contribution < -0.4 is 9.64 Å². The number of hydrogen-bond acceptors (Lipinski definition) is 4. The zero-order valence-electron chi connectivity index (χ0n) is 15.8. The van der Waals surface area contributed by atoms with Crippen LogP contribution in [0.3, 0.4) is 0 Å². The fourth-order valence-corrected chi connectivity index (χ4v) is 4.14. The maximum atomic E-state index is 13.4. The number of methoxy groups -OCH3 is 1. The minimum absolute atomic E-state index is 0.0977. The van der Waals surface area contributed by atoms with Crippen molar-refractivity contribution >= 4 is 32.6 Å². The highest BCUT2D eigenvalue weighted by atomic mass is 32.1. The molecule has 3 aromatic carbocycles. The van der Waals surface area contributed by atoms with Gasteiger partial charge >= 0.3 is 0 Å². The summed E-state index contributed by atoms with van der Waals surface area (Å²) in [6, 6.07) is 23.3. The summed E-state index contributed by atoms with van der Waals surface area (Å²) >= 11 is 1.53. The minimum Gasteiger partial charge on any atom is -0.497 e. The Balaban J connectivity index is 1.78. The smallest absolute Gasteiger partial charge is 0.260 e. The Kier molecular flexibility index (Phi) is 5.08. The molecule has 4 nitrogen and oxygen atoms in total. The van der Waals surface area contributed by atoms with Crippen molar-refractivity contribution in [1.29, 1.82) is 0 Å². The molecule has 1 amide bonds. The summed E-state index contributed by atoms with van der Waals surface area (Å²) in [5.74, 6) is 0.560. The van der Waals surface area contributed by atoms with Crippen LogP contribution in [0.1, 0.15) is 21.5 Å². The standard InChI is InChI=1S/C23H20N2O2S/c1-16-8-6-13-20-21(16)24-23(28-20)25(15-17-9-4-3-5-10-17)22(26)18-11-7-12-19(14-18)27-2/h3-14H,15H2,1-2H3. The summed E-state index contributed by atoms with van der Waals surface area (Å²) in [5, 5.41) is 0.695. The van der Waals surface area contributed by atoms with Crippen molar-refractivity contribution in [3.63, 3.8) is 0 Å². The predicted molar refractivity (Wildman–Crippen MR) is 114 cm³/mol. The highest BCUT2D eigenvalue weighted by Crippen LogP contribution is 2.32. The van der Waals surface area contributed by atoms with E-state index in [9.17, 15) is 4.79 Å². The third kappa shape index (κ3) is 3.62. The zero-order valence-corrected chi connectivity index (χ0v) is 16.6. The van der Waals surface area contributed by atoms with E-state index in [2.05, 4.69) is 0 Å². The van der Waals surface area contributed by atoms with E-state index in [1.54, 1.807) is 24.1 Å². The van der Waals surface area contributed by atoms with Crippen molar-refractivity contribution in [1.82, 2.24) is 4.98 Å². The molecule has 0 spiro atoms. The number of aryl methyl sites for hydroxylation is 1. The number of carbonyl (C=O) groups is 1. The Hall–Kier alpha value is -3.18. The third-order valence-corrected chi connectivity index (χ3v) is 5.63. The molecule has 0 fully saturated rings. The predicted octanol–water partition coefficient (Wildman–Crippen LogP) is 5.46. The first-order valence-corrected chi connectivity index (χ1v) is 9.83. The van der Waals surface area contributed by atoms with Crippen molar-refractivity contribution in [3.05, 3.63) is 89.5 Å². The average molecular weight is 388 g/mol. The number of nitrogens with zero attached hydrogens (tertiary/aromatic N) is 2. The van der Waals surface area contributed by atoms with Gasteiger partial charge in [0.15, 0.2) is 5.13 Å². The van der Waals surface area contributed by atoms with Gasteiger partial charge in [0, 0.05) is 5.56 Å². The molecule has 4 rings (SSSR count). The number of hydrogen-bond donors (Lipinski definition) is 0. The first kappa shape index (κ1) is 18.2. The van der Waals surface area contributed by atoms with Crippen molar-refractivity contribution in [2.45, 2.75) is 13.5 Å². The Labute approximate surface area is 168 Å². The highest BCUT2D eigenvalue weighted by molar-refractivity contribution is 7.22. The Morgan fingerprint density at radius 3 is 2.57 bits per heavy atom. The van der Waals surface area contributed by atoms with Gasteiger partial charge in [0.25, 0.3) is 5.91 Å². The molecular weight excluding hydrogens is 368 g/mol. The molecule has 0 aliphatic rings. The lowest BCUT2D eigenvalue weighted by Gasteiger charge is -2.20. The lowest BCUT2D eigenvalue weighted by Crippen LogP contribution is -2.30. The van der Waals surface area contributed by atoms with Crippen LogP contribution in [0.4, 0.5) is 5.13 Å². The molecule has 0 aliphatic carbocycles. The molecule has 5 heteroatoms. The average Bonchev–Trinajstić information content (AvgIpc) is 3.18. The number of amides is 1. The topological polar surface area (TPSA) is 42.4 Å². The Bertz CT molecular complexity index is 1120. The number of anilines is 1. The van der Waals surface area contributed by atoms with Crippen LogP contribution in [-0.2, 0) is 6.54 Å². The van der Waals surface area contributed by atoms with E-state index < -0.39 is 0 Å². The number of fused-ring (bicyclic) bond motifs is 1. The van der Waals surface area contributed by atoms with Gasteiger partial charge < -0.3 is 4.74 Å². The van der Waals surface area contributed by atoms with E-state index in [0.717, 1.165) is 21.3 Å². The van der Waals surface area contributed by atoms with E-state index in [1.807, 2.05) is 67.6 Å². The Morgan fingerprint density at radius 2 is 1.82 bits per heavy atom. The number of carbonyl (C=O) groups excluding carboxylic acids is 1. The largest absolute Gasteiger partial charge is 0.497 e. The lowest BCUT2D eigenvalue weighted by molar-refractivity contribution is 0.0985. The molecule has 140 valence electrons. The summed E-state index contributed by atoms with van der Waals surface area (Å²) in [6.45, 7) is 2.49. The second-order valence-corrected chi connectivity index (χ2v) is 7.54. The van der Waals surface area contributed by atoms with Gasteiger partial charge in [-0.05, 0) is 42.3 Å². The van der Waals surface area contributed by atoms with Gasteiger partial charge in [-0.2, -0.15) is 0 Å². The van der Waals surface area contributed by atoms with Gasteiger partial charge in [0.05, 0.1) is 23.9 Å². The number of aromatic nitrogens is 1. The SMILES string of the molecule is COc1cccc(C(=O)N(Cc2ccccc2)c2nc3c(C)cccc3s2)c1. The number of para-hydroxylation sites is 1. The molecule has 0 unspecified atom stereocenters. The summed E-state index contributed by atoms with van der Waals surface area (Å²) in [6.07, 6.45) is 0. The van der Waals surface area contributed by atoms with Crippen LogP contribution in [0.25, 0.3) is 10.2 Å². The van der Waals surface area contributed by atoms with Gasteiger partial charge in [-0.25, -0.2) is 4.98 Å². The Morgan fingerprint density at radius 1 is 1.04 bits per heavy atom. The molecule has 28 heavy (non-hydrogen) atoms. The van der Waals surface area contributed by atoms with Crippen LogP contribution in [-0.4, -0.2) is 18.0 Å². The fourth-order valence-electron chi connectivity index (χ4n) is 3.09. The zero-order chi connectivity index (χ0) is 19.5. The monoisotopic (exact) mass is 388 g/mol. The third-order valence-electron chi connectivity index (χ3n) is 4.59. The van der Waals surface area contributed by atoms with E-state index in [0.29, 0.717) is 23.0 Å². The first-order chi connectivity index (χ1) is 13.7. The second-order valence-electron chi connectivity index (χ2n) is 6.53. The summed E-state index contributed by atoms with van der Waals surface area (Å²) in [4.78, 5) is 20.0. The molecule has 0 radical (unpaired) electrons. The van der Waals surface area contributed by atoms with E-state index in [-0.39, 0.29) is 5.91 Å². The van der Waals surface area contributed by atoms with Crippen molar-refractivity contribution < 1.29 is 9.53 Å². The van der Waals surface area contributed by atoms with Crippen LogP contribution in [0.2, 0.25) is 0 Å². The number of ether oxygens (including phenoxy) is 1. The molecule has 1 aromatic heterocycles. The molecular formula is C23H20N2O2S. The molecule has 0 N–H and O–H groups in total. The minimum atomic E-state index is -0.0977. The molecule has 0 bridgehead atoms. The van der Waals surface area contributed by atoms with Crippen LogP contribution in [0.15, 0.2) is 72.8 Å². The first-order valence-electron chi connectivity index (χ1n) is 9.02. The van der Waals surface area contributed by atoms with Crippen molar-refractivity contribution in [3.8, 4) is 5.75 Å². The van der Waals surface area contributed by atoms with Gasteiger partial charge in [-0.1, -0.05) is 59.9 Å². The molecule has 1 heterocycles. The summed E-state index contributed by atoms with van der Waals surface area (Å²) in [7, 11) is 1.60. The van der Waals surface area contributed by atoms with Crippen molar-refractivity contribution in [2.24, 2.45) is 0 Å². The van der Waals surface area contributed by atoms with Crippen LogP contribution in [0.5, 0.6) is 5.75 Å². The maximum absolute atomic E-state index is 13.4. The normalized spacial score (nSPS) is 10.8. The maximum Gasteiger partial charge on any atom is 0.260 e. The number of rotatable bonds is 5. The number of thiazole rings is 1. The van der Waals surface area contributed by atoms with Crippen LogP contribution >= 0.6 is 11.3 Å². The highest BCUT2D eigenvalue weighted by Gasteiger charge is 2.22. The van der Waals surface area contributed by atoms with E-state index in [1.165, 1.54) is 11.3 Å².